The van der Waals surface area contributed by atoms with Crippen molar-refractivity contribution >= 4 is 11.9 Å². The highest BCUT2D eigenvalue weighted by molar-refractivity contribution is 5.92. The highest BCUT2D eigenvalue weighted by atomic mass is 16.5. The van der Waals surface area contributed by atoms with Crippen LogP contribution in [0.1, 0.15) is 45.6 Å². The average molecular weight is 523 g/mol. The monoisotopic (exact) mass is 522 g/mol. The van der Waals surface area contributed by atoms with E-state index in [1.54, 1.807) is 30.3 Å². The number of benzene rings is 3. The van der Waals surface area contributed by atoms with Crippen LogP contribution in [0.25, 0.3) is 0 Å². The minimum atomic E-state index is -0.767. The fourth-order valence-electron chi connectivity index (χ4n) is 3.67. The standard InChI is InChI=1S/C29H34N2O7/c1-20(32)38-19-25-16-23(7-10-27(25)33)28(34)17-31-12-11-21-5-8-26(9-6-21)37-14-13-36-18-22-3-2-4-24(15-22)29(30)35/h2-10,15-16,28,31,33-34H,11-14,17-19H2,1H3,(H2,30,35)/t28-/m0/s1. The molecule has 38 heavy (non-hydrogen) atoms. The van der Waals surface area contributed by atoms with Crippen LogP contribution in [0.2, 0.25) is 0 Å². The van der Waals surface area contributed by atoms with E-state index in [9.17, 15) is 19.8 Å². The summed E-state index contributed by atoms with van der Waals surface area (Å²) >= 11 is 0. The Bertz CT molecular complexity index is 1200. The number of rotatable bonds is 15. The SMILES string of the molecule is CC(=O)OCc1cc([C@@H](O)CNCCc2ccc(OCCOCc3cccc(C(N)=O)c3)cc2)ccc1O. The van der Waals surface area contributed by atoms with Gasteiger partial charge in [0.05, 0.1) is 19.3 Å². The molecule has 3 aromatic rings. The number of hydrogen-bond acceptors (Lipinski definition) is 8. The molecular formula is C29H34N2O7. The Hall–Kier alpha value is -3.92. The molecule has 0 aliphatic carbocycles. The van der Waals surface area contributed by atoms with Crippen LogP contribution in [-0.2, 0) is 33.9 Å². The van der Waals surface area contributed by atoms with Crippen molar-refractivity contribution in [2.75, 3.05) is 26.3 Å². The summed E-state index contributed by atoms with van der Waals surface area (Å²) in [5.74, 6) is -0.142. The third-order valence-electron chi connectivity index (χ3n) is 5.75. The lowest BCUT2D eigenvalue weighted by molar-refractivity contribution is -0.142. The number of nitrogens with one attached hydrogen (secondary N) is 1. The third kappa shape index (κ3) is 9.51. The number of carbonyl (C=O) groups excluding carboxylic acids is 2. The zero-order valence-electron chi connectivity index (χ0n) is 21.4. The van der Waals surface area contributed by atoms with E-state index in [2.05, 4.69) is 5.32 Å². The Labute approximate surface area is 222 Å². The summed E-state index contributed by atoms with van der Waals surface area (Å²) in [7, 11) is 0. The Morgan fingerprint density at radius 1 is 0.974 bits per heavy atom. The zero-order valence-corrected chi connectivity index (χ0v) is 21.4. The van der Waals surface area contributed by atoms with Crippen LogP contribution in [0.3, 0.4) is 0 Å². The molecular weight excluding hydrogens is 488 g/mol. The van der Waals surface area contributed by atoms with Gasteiger partial charge in [-0.2, -0.15) is 0 Å². The van der Waals surface area contributed by atoms with Crippen molar-refractivity contribution in [3.05, 3.63) is 94.5 Å². The van der Waals surface area contributed by atoms with Crippen molar-refractivity contribution in [3.8, 4) is 11.5 Å². The van der Waals surface area contributed by atoms with Gasteiger partial charge in [-0.1, -0.05) is 30.3 Å². The quantitative estimate of drug-likeness (QED) is 0.176. The van der Waals surface area contributed by atoms with Crippen molar-refractivity contribution in [3.63, 3.8) is 0 Å². The van der Waals surface area contributed by atoms with E-state index in [4.69, 9.17) is 19.9 Å². The molecule has 3 aromatic carbocycles. The largest absolute Gasteiger partial charge is 0.508 e. The summed E-state index contributed by atoms with van der Waals surface area (Å²) in [5, 5.41) is 23.6. The van der Waals surface area contributed by atoms with Crippen LogP contribution >= 0.6 is 0 Å². The molecule has 0 bridgehead atoms. The van der Waals surface area contributed by atoms with Gasteiger partial charge in [0.15, 0.2) is 0 Å². The Kier molecular flexibility index (Phi) is 11.1. The van der Waals surface area contributed by atoms with Crippen LogP contribution in [0.4, 0.5) is 0 Å². The molecule has 1 amide bonds. The summed E-state index contributed by atoms with van der Waals surface area (Å²) in [6.45, 7) is 3.43. The predicted molar refractivity (Wildman–Crippen MR) is 142 cm³/mol. The van der Waals surface area contributed by atoms with Gasteiger partial charge in [-0.15, -0.1) is 0 Å². The maximum Gasteiger partial charge on any atom is 0.302 e. The number of aromatic hydroxyl groups is 1. The number of aliphatic hydroxyl groups excluding tert-OH is 1. The van der Waals surface area contributed by atoms with Gasteiger partial charge in [0.1, 0.15) is 24.7 Å². The molecule has 3 rings (SSSR count). The first-order valence-electron chi connectivity index (χ1n) is 12.3. The van der Waals surface area contributed by atoms with E-state index in [-0.39, 0.29) is 12.4 Å². The molecule has 0 unspecified atom stereocenters. The molecule has 9 heteroatoms. The second kappa shape index (κ2) is 14.7. The van der Waals surface area contributed by atoms with Gasteiger partial charge in [-0.05, 0) is 66.1 Å². The molecule has 202 valence electrons. The van der Waals surface area contributed by atoms with Gasteiger partial charge in [-0.3, -0.25) is 9.59 Å². The van der Waals surface area contributed by atoms with Gasteiger partial charge in [0.25, 0.3) is 0 Å². The van der Waals surface area contributed by atoms with Crippen LogP contribution < -0.4 is 15.8 Å². The topological polar surface area (TPSA) is 140 Å². The van der Waals surface area contributed by atoms with E-state index in [1.807, 2.05) is 30.3 Å². The minimum absolute atomic E-state index is 0.0162. The summed E-state index contributed by atoms with van der Waals surface area (Å²) in [6, 6.07) is 19.6. The first-order chi connectivity index (χ1) is 18.3. The molecule has 0 spiro atoms. The number of aliphatic hydroxyl groups is 1. The van der Waals surface area contributed by atoms with Crippen molar-refractivity contribution < 1.29 is 34.0 Å². The van der Waals surface area contributed by atoms with Gasteiger partial charge >= 0.3 is 5.97 Å². The maximum atomic E-state index is 11.2. The molecule has 0 saturated carbocycles. The number of phenols is 1. The Balaban J connectivity index is 1.32. The molecule has 9 nitrogen and oxygen atoms in total. The summed E-state index contributed by atoms with van der Waals surface area (Å²) in [6.07, 6.45) is 0.00470. The van der Waals surface area contributed by atoms with Gasteiger partial charge < -0.3 is 35.5 Å². The van der Waals surface area contributed by atoms with Gasteiger partial charge in [0, 0.05) is 24.6 Å². The van der Waals surface area contributed by atoms with Crippen LogP contribution in [0.15, 0.2) is 66.7 Å². The maximum absolute atomic E-state index is 11.2. The highest BCUT2D eigenvalue weighted by Crippen LogP contribution is 2.23. The van der Waals surface area contributed by atoms with Gasteiger partial charge in [0.2, 0.25) is 5.91 Å². The minimum Gasteiger partial charge on any atom is -0.508 e. The van der Waals surface area contributed by atoms with Crippen molar-refractivity contribution in [2.45, 2.75) is 32.7 Å². The normalized spacial score (nSPS) is 11.6. The van der Waals surface area contributed by atoms with Crippen molar-refractivity contribution in [2.24, 2.45) is 5.73 Å². The molecule has 5 N–H and O–H groups in total. The number of phenolic OH excluding ortho intramolecular Hbond substituents is 1. The fraction of sp³-hybridized carbons (Fsp3) is 0.310. The number of nitrogens with two attached hydrogens (primary N) is 1. The summed E-state index contributed by atoms with van der Waals surface area (Å²) < 4.78 is 16.3. The first kappa shape index (κ1) is 28.6. The number of esters is 1. The second-order valence-corrected chi connectivity index (χ2v) is 8.75. The summed E-state index contributed by atoms with van der Waals surface area (Å²) in [5.41, 5.74) is 8.82. The molecule has 0 aliphatic rings. The van der Waals surface area contributed by atoms with Crippen LogP contribution in [0, 0.1) is 0 Å². The van der Waals surface area contributed by atoms with Crippen molar-refractivity contribution in [1.82, 2.24) is 5.32 Å². The lowest BCUT2D eigenvalue weighted by Gasteiger charge is -2.14. The van der Waals surface area contributed by atoms with E-state index in [0.717, 1.165) is 23.3 Å². The van der Waals surface area contributed by atoms with Crippen LogP contribution in [-0.4, -0.2) is 48.4 Å². The van der Waals surface area contributed by atoms with E-state index in [0.29, 0.717) is 49.6 Å². The molecule has 0 saturated heterocycles. The van der Waals surface area contributed by atoms with Gasteiger partial charge in [-0.25, -0.2) is 0 Å². The molecule has 0 fully saturated rings. The summed E-state index contributed by atoms with van der Waals surface area (Å²) in [4.78, 5) is 22.3. The Morgan fingerprint density at radius 2 is 1.76 bits per heavy atom. The molecule has 1 atom stereocenters. The number of amides is 1. The van der Waals surface area contributed by atoms with Crippen LogP contribution in [0.5, 0.6) is 11.5 Å². The average Bonchev–Trinajstić information content (AvgIpc) is 2.91. The lowest BCUT2D eigenvalue weighted by atomic mass is 10.1. The van der Waals surface area contributed by atoms with Crippen molar-refractivity contribution in [1.29, 1.82) is 0 Å². The number of ether oxygens (including phenoxy) is 3. The fourth-order valence-corrected chi connectivity index (χ4v) is 3.67. The third-order valence-corrected chi connectivity index (χ3v) is 5.75. The van der Waals surface area contributed by atoms with E-state index < -0.39 is 18.0 Å². The number of primary amides is 1. The smallest absolute Gasteiger partial charge is 0.302 e. The lowest BCUT2D eigenvalue weighted by Crippen LogP contribution is -2.23. The molecule has 0 radical (unpaired) electrons. The first-order valence-corrected chi connectivity index (χ1v) is 12.3. The molecule has 0 aliphatic heterocycles. The molecule has 0 heterocycles. The Morgan fingerprint density at radius 3 is 2.50 bits per heavy atom. The number of hydrogen-bond donors (Lipinski definition) is 4. The second-order valence-electron chi connectivity index (χ2n) is 8.75. The highest BCUT2D eigenvalue weighted by Gasteiger charge is 2.11. The molecule has 0 aromatic heterocycles. The predicted octanol–water partition coefficient (Wildman–Crippen LogP) is 3.02. The zero-order chi connectivity index (χ0) is 27.3. The van der Waals surface area contributed by atoms with E-state index >= 15 is 0 Å². The number of carbonyl (C=O) groups is 2. The van der Waals surface area contributed by atoms with E-state index in [1.165, 1.54) is 13.0 Å².